The Morgan fingerprint density at radius 3 is 2.95 bits per heavy atom. The van der Waals surface area contributed by atoms with Crippen LogP contribution in [0, 0.1) is 11.8 Å². The topological polar surface area (TPSA) is 64.3 Å². The lowest BCUT2D eigenvalue weighted by atomic mass is 9.79. The normalized spacial score (nSPS) is 30.3. The van der Waals surface area contributed by atoms with Gasteiger partial charge in [0.05, 0.1) is 13.3 Å². The standard InChI is InChI=1S/C13H19ClN4O/c1-19-13-16-5-11(14)12(17-13)18-6-8-2-3-10(15)4-9(8)7-18/h5,8-10H,2-4,6-7,15H2,1H3/t8-,9+,10?/m1/s1. The minimum atomic E-state index is 0.358. The second-order valence-corrected chi connectivity index (χ2v) is 5.93. The largest absolute Gasteiger partial charge is 0.467 e. The molecule has 0 spiro atoms. The van der Waals surface area contributed by atoms with Gasteiger partial charge in [0, 0.05) is 19.1 Å². The van der Waals surface area contributed by atoms with E-state index >= 15 is 0 Å². The highest BCUT2D eigenvalue weighted by atomic mass is 35.5. The van der Waals surface area contributed by atoms with E-state index < -0.39 is 0 Å². The van der Waals surface area contributed by atoms with E-state index in [1.54, 1.807) is 13.3 Å². The van der Waals surface area contributed by atoms with E-state index in [2.05, 4.69) is 14.9 Å². The summed E-state index contributed by atoms with van der Waals surface area (Å²) in [5, 5.41) is 0.587. The summed E-state index contributed by atoms with van der Waals surface area (Å²) in [5.41, 5.74) is 6.06. The quantitative estimate of drug-likeness (QED) is 0.894. The van der Waals surface area contributed by atoms with Crippen LogP contribution in [0.3, 0.4) is 0 Å². The van der Waals surface area contributed by atoms with Gasteiger partial charge in [-0.05, 0) is 31.1 Å². The van der Waals surface area contributed by atoms with Crippen LogP contribution < -0.4 is 15.4 Å². The molecule has 0 aromatic carbocycles. The highest BCUT2D eigenvalue weighted by Gasteiger charge is 2.37. The van der Waals surface area contributed by atoms with E-state index in [-0.39, 0.29) is 0 Å². The number of methoxy groups -OCH3 is 1. The van der Waals surface area contributed by atoms with Gasteiger partial charge >= 0.3 is 6.01 Å². The summed E-state index contributed by atoms with van der Waals surface area (Å²) in [6.45, 7) is 2.00. The third kappa shape index (κ3) is 2.49. The third-order valence-electron chi connectivity index (χ3n) is 4.28. The Bertz CT molecular complexity index is 470. The molecule has 1 saturated carbocycles. The third-order valence-corrected chi connectivity index (χ3v) is 4.54. The molecule has 3 atom stereocenters. The van der Waals surface area contributed by atoms with Crippen LogP contribution in [-0.2, 0) is 0 Å². The van der Waals surface area contributed by atoms with Crippen LogP contribution in [-0.4, -0.2) is 36.2 Å². The molecule has 1 unspecified atom stereocenters. The van der Waals surface area contributed by atoms with Crippen LogP contribution in [0.25, 0.3) is 0 Å². The second-order valence-electron chi connectivity index (χ2n) is 5.53. The summed E-state index contributed by atoms with van der Waals surface area (Å²) in [7, 11) is 1.57. The van der Waals surface area contributed by atoms with E-state index in [1.807, 2.05) is 0 Å². The summed E-state index contributed by atoms with van der Waals surface area (Å²) < 4.78 is 5.08. The van der Waals surface area contributed by atoms with Gasteiger partial charge in [-0.2, -0.15) is 4.98 Å². The van der Waals surface area contributed by atoms with Gasteiger partial charge in [-0.25, -0.2) is 4.98 Å². The smallest absolute Gasteiger partial charge is 0.318 e. The van der Waals surface area contributed by atoms with Gasteiger partial charge in [-0.15, -0.1) is 0 Å². The molecule has 1 saturated heterocycles. The summed E-state index contributed by atoms with van der Waals surface area (Å²) in [5.74, 6) is 2.18. The molecule has 2 fully saturated rings. The number of ether oxygens (including phenoxy) is 1. The number of nitrogens with two attached hydrogens (primary N) is 1. The molecule has 1 aromatic heterocycles. The average molecular weight is 283 g/mol. The fraction of sp³-hybridized carbons (Fsp3) is 0.692. The van der Waals surface area contributed by atoms with Crippen LogP contribution in [0.5, 0.6) is 6.01 Å². The molecule has 1 aliphatic carbocycles. The highest BCUT2D eigenvalue weighted by molar-refractivity contribution is 6.32. The Morgan fingerprint density at radius 1 is 1.37 bits per heavy atom. The maximum atomic E-state index is 6.21. The van der Waals surface area contributed by atoms with Gasteiger partial charge in [0.1, 0.15) is 5.02 Å². The van der Waals surface area contributed by atoms with Crippen molar-refractivity contribution < 1.29 is 4.74 Å². The van der Waals surface area contributed by atoms with Crippen LogP contribution in [0.15, 0.2) is 6.20 Å². The zero-order chi connectivity index (χ0) is 13.4. The minimum absolute atomic E-state index is 0.358. The van der Waals surface area contributed by atoms with Crippen molar-refractivity contribution in [3.63, 3.8) is 0 Å². The number of aromatic nitrogens is 2. The monoisotopic (exact) mass is 282 g/mol. The lowest BCUT2D eigenvalue weighted by molar-refractivity contribution is 0.271. The number of hydrogen-bond acceptors (Lipinski definition) is 5. The molecular weight excluding hydrogens is 264 g/mol. The minimum Gasteiger partial charge on any atom is -0.467 e. The average Bonchev–Trinajstić information content (AvgIpc) is 2.82. The molecule has 0 radical (unpaired) electrons. The van der Waals surface area contributed by atoms with Crippen molar-refractivity contribution in [3.05, 3.63) is 11.2 Å². The lowest BCUT2D eigenvalue weighted by Gasteiger charge is -2.27. The number of halogens is 1. The molecule has 6 heteroatoms. The molecule has 2 N–H and O–H groups in total. The van der Waals surface area contributed by atoms with Gasteiger partial charge < -0.3 is 15.4 Å². The van der Waals surface area contributed by atoms with Gasteiger partial charge in [0.25, 0.3) is 0 Å². The summed E-state index contributed by atoms with van der Waals surface area (Å²) >= 11 is 6.21. The first-order chi connectivity index (χ1) is 9.17. The van der Waals surface area contributed by atoms with Gasteiger partial charge in [-0.3, -0.25) is 0 Å². The fourth-order valence-electron chi connectivity index (χ4n) is 3.30. The predicted molar refractivity (Wildman–Crippen MR) is 74.6 cm³/mol. The van der Waals surface area contributed by atoms with Crippen LogP contribution in [0.2, 0.25) is 5.02 Å². The lowest BCUT2D eigenvalue weighted by Crippen LogP contribution is -2.32. The molecule has 1 aliphatic heterocycles. The summed E-state index contributed by atoms with van der Waals surface area (Å²) in [6.07, 6.45) is 5.06. The van der Waals surface area contributed by atoms with E-state index in [1.165, 1.54) is 6.42 Å². The first-order valence-corrected chi connectivity index (χ1v) is 7.12. The number of fused-ring (bicyclic) bond motifs is 1. The van der Waals surface area contributed by atoms with Gasteiger partial charge in [0.2, 0.25) is 0 Å². The van der Waals surface area contributed by atoms with Crippen molar-refractivity contribution in [3.8, 4) is 6.01 Å². The molecule has 5 nitrogen and oxygen atoms in total. The molecule has 104 valence electrons. The highest BCUT2D eigenvalue weighted by Crippen LogP contribution is 2.39. The van der Waals surface area contributed by atoms with Crippen molar-refractivity contribution in [2.45, 2.75) is 25.3 Å². The van der Waals surface area contributed by atoms with Crippen molar-refractivity contribution in [2.24, 2.45) is 17.6 Å². The Balaban J connectivity index is 1.80. The molecule has 2 aliphatic rings. The van der Waals surface area contributed by atoms with Crippen LogP contribution >= 0.6 is 11.6 Å². The molecule has 2 heterocycles. The van der Waals surface area contributed by atoms with Crippen molar-refractivity contribution in [1.82, 2.24) is 9.97 Å². The van der Waals surface area contributed by atoms with E-state index in [0.29, 0.717) is 23.0 Å². The Hall–Kier alpha value is -1.07. The van der Waals surface area contributed by atoms with Crippen LogP contribution in [0.1, 0.15) is 19.3 Å². The Labute approximate surface area is 118 Å². The molecule has 3 rings (SSSR count). The van der Waals surface area contributed by atoms with E-state index in [4.69, 9.17) is 22.1 Å². The van der Waals surface area contributed by atoms with Crippen molar-refractivity contribution >= 4 is 17.4 Å². The molecule has 0 bridgehead atoms. The zero-order valence-electron chi connectivity index (χ0n) is 11.1. The van der Waals surface area contributed by atoms with Crippen LogP contribution in [0.4, 0.5) is 5.82 Å². The molecule has 1 aromatic rings. The van der Waals surface area contributed by atoms with E-state index in [9.17, 15) is 0 Å². The zero-order valence-corrected chi connectivity index (χ0v) is 11.8. The first-order valence-electron chi connectivity index (χ1n) is 6.74. The Morgan fingerprint density at radius 2 is 2.16 bits per heavy atom. The van der Waals surface area contributed by atoms with Gasteiger partial charge in [-0.1, -0.05) is 11.6 Å². The first kappa shape index (κ1) is 12.9. The second kappa shape index (κ2) is 5.13. The maximum Gasteiger partial charge on any atom is 0.318 e. The predicted octanol–water partition coefficient (Wildman–Crippen LogP) is 1.70. The SMILES string of the molecule is COc1ncc(Cl)c(N2C[C@H]3CCC(N)C[C@H]3C2)n1. The molecule has 19 heavy (non-hydrogen) atoms. The number of rotatable bonds is 2. The van der Waals surface area contributed by atoms with Crippen molar-refractivity contribution in [2.75, 3.05) is 25.1 Å². The number of nitrogens with zero attached hydrogens (tertiary/aromatic N) is 3. The molecular formula is C13H19ClN4O. The fourth-order valence-corrected chi connectivity index (χ4v) is 3.51. The maximum absolute atomic E-state index is 6.21. The van der Waals surface area contributed by atoms with E-state index in [0.717, 1.165) is 37.7 Å². The summed E-state index contributed by atoms with van der Waals surface area (Å²) in [4.78, 5) is 10.6. The molecule has 0 amide bonds. The van der Waals surface area contributed by atoms with Gasteiger partial charge in [0.15, 0.2) is 5.82 Å². The van der Waals surface area contributed by atoms with Crippen molar-refractivity contribution in [1.29, 1.82) is 0 Å². The number of hydrogen-bond donors (Lipinski definition) is 1. The summed E-state index contributed by atoms with van der Waals surface area (Å²) in [6, 6.07) is 0.725. The Kier molecular flexibility index (Phi) is 3.50. The number of anilines is 1.